The molecule has 154 valence electrons. The highest BCUT2D eigenvalue weighted by Crippen LogP contribution is 2.31. The van der Waals surface area contributed by atoms with Crippen LogP contribution in [0.4, 0.5) is 21.9 Å². The highest BCUT2D eigenvalue weighted by atomic mass is 35.5. The molecular weight excluding hydrogens is 412 g/mol. The summed E-state index contributed by atoms with van der Waals surface area (Å²) in [6.45, 7) is 2.13. The number of rotatable bonds is 4. The van der Waals surface area contributed by atoms with E-state index >= 15 is 0 Å². The Bertz CT molecular complexity index is 1050. The van der Waals surface area contributed by atoms with Crippen molar-refractivity contribution < 1.29 is 19.2 Å². The first kappa shape index (κ1) is 19.9. The van der Waals surface area contributed by atoms with Gasteiger partial charge in [0.1, 0.15) is 11.4 Å². The number of carbonyl (C=O) groups excluding carboxylic acids is 2. The van der Waals surface area contributed by atoms with Crippen LogP contribution in [0.15, 0.2) is 48.2 Å². The molecule has 0 spiro atoms. The number of nitrogens with zero attached hydrogens (tertiary/aromatic N) is 3. The molecule has 10 heteroatoms. The van der Waals surface area contributed by atoms with Crippen molar-refractivity contribution in [2.75, 3.05) is 36.1 Å². The maximum Gasteiger partial charge on any atom is 0.333 e. The average Bonchev–Trinajstić information content (AvgIpc) is 3.02. The van der Waals surface area contributed by atoms with E-state index in [4.69, 9.17) is 16.3 Å². The number of ether oxygens (including phenoxy) is 1. The Morgan fingerprint density at radius 1 is 1.10 bits per heavy atom. The van der Waals surface area contributed by atoms with Crippen LogP contribution in [-0.2, 0) is 9.53 Å². The average molecular weight is 429 g/mol. The number of anilines is 2. The van der Waals surface area contributed by atoms with Gasteiger partial charge in [-0.05, 0) is 42.0 Å². The molecule has 2 aliphatic rings. The number of hydrogen-bond acceptors (Lipinski definition) is 6. The van der Waals surface area contributed by atoms with E-state index in [9.17, 15) is 19.7 Å². The van der Waals surface area contributed by atoms with Crippen LogP contribution in [0.1, 0.15) is 5.56 Å². The second kappa shape index (κ2) is 8.13. The molecule has 0 unspecified atom stereocenters. The van der Waals surface area contributed by atoms with Crippen molar-refractivity contribution in [3.63, 3.8) is 0 Å². The highest BCUT2D eigenvalue weighted by Gasteiger charge is 2.35. The third-order valence-electron chi connectivity index (χ3n) is 4.82. The molecule has 2 fully saturated rings. The summed E-state index contributed by atoms with van der Waals surface area (Å²) in [6.07, 6.45) is 1.42. The molecule has 3 amide bonds. The molecule has 0 saturated carbocycles. The summed E-state index contributed by atoms with van der Waals surface area (Å²) in [5.41, 5.74) is 1.26. The fraction of sp³-hybridized carbons (Fsp3) is 0.200. The fourth-order valence-electron chi connectivity index (χ4n) is 3.37. The van der Waals surface area contributed by atoms with E-state index in [1.165, 1.54) is 12.1 Å². The summed E-state index contributed by atoms with van der Waals surface area (Å²) in [4.78, 5) is 39.1. The second-order valence-electron chi connectivity index (χ2n) is 6.71. The Balaban J connectivity index is 1.63. The van der Waals surface area contributed by atoms with Gasteiger partial charge >= 0.3 is 6.03 Å². The lowest BCUT2D eigenvalue weighted by Gasteiger charge is -2.28. The van der Waals surface area contributed by atoms with Gasteiger partial charge in [0.15, 0.2) is 0 Å². The number of carbonyl (C=O) groups is 2. The van der Waals surface area contributed by atoms with Crippen molar-refractivity contribution in [2.45, 2.75) is 0 Å². The van der Waals surface area contributed by atoms with Gasteiger partial charge in [0.05, 0.1) is 23.8 Å². The van der Waals surface area contributed by atoms with E-state index in [2.05, 4.69) is 5.32 Å². The first-order chi connectivity index (χ1) is 14.4. The number of nitro benzene ring substituents is 1. The molecule has 2 saturated heterocycles. The van der Waals surface area contributed by atoms with Crippen LogP contribution in [0.3, 0.4) is 0 Å². The number of nitro groups is 1. The van der Waals surface area contributed by atoms with Crippen molar-refractivity contribution in [3.05, 3.63) is 68.9 Å². The first-order valence-corrected chi connectivity index (χ1v) is 9.55. The van der Waals surface area contributed by atoms with Gasteiger partial charge in [0.2, 0.25) is 0 Å². The Kier molecular flexibility index (Phi) is 5.39. The number of urea groups is 1. The molecule has 4 rings (SSSR count). The summed E-state index contributed by atoms with van der Waals surface area (Å²) in [7, 11) is 0. The first-order valence-electron chi connectivity index (χ1n) is 9.18. The van der Waals surface area contributed by atoms with E-state index in [0.717, 1.165) is 4.90 Å². The van der Waals surface area contributed by atoms with E-state index in [1.807, 2.05) is 4.90 Å². The van der Waals surface area contributed by atoms with Crippen LogP contribution < -0.4 is 15.1 Å². The van der Waals surface area contributed by atoms with Crippen LogP contribution in [0.25, 0.3) is 6.08 Å². The molecule has 1 N–H and O–H groups in total. The molecule has 0 radical (unpaired) electrons. The quantitative estimate of drug-likeness (QED) is 0.347. The minimum absolute atomic E-state index is 0.0309. The van der Waals surface area contributed by atoms with Gasteiger partial charge in [-0.3, -0.25) is 14.9 Å². The lowest BCUT2D eigenvalue weighted by Crippen LogP contribution is -2.36. The molecule has 0 aromatic heterocycles. The van der Waals surface area contributed by atoms with Crippen LogP contribution in [0.5, 0.6) is 0 Å². The summed E-state index contributed by atoms with van der Waals surface area (Å²) >= 11 is 5.86. The van der Waals surface area contributed by atoms with Crippen LogP contribution in [0, 0.1) is 10.1 Å². The predicted octanol–water partition coefficient (Wildman–Crippen LogP) is 3.18. The Morgan fingerprint density at radius 2 is 1.80 bits per heavy atom. The van der Waals surface area contributed by atoms with E-state index < -0.39 is 16.9 Å². The number of hydrogen-bond donors (Lipinski definition) is 1. The molecule has 30 heavy (non-hydrogen) atoms. The zero-order chi connectivity index (χ0) is 21.3. The molecule has 2 heterocycles. The second-order valence-corrected chi connectivity index (χ2v) is 7.15. The standard InChI is InChI=1S/C20H17ClN4O5/c21-14-2-4-15(5-3-14)24-19(26)16(22-20(24)27)11-13-1-6-17(18(12-13)25(28)29)23-7-9-30-10-8-23/h1-6,11-12H,7-10H2,(H,22,27)/b16-11+. The molecule has 2 aromatic rings. The molecule has 0 bridgehead atoms. The van der Waals surface area contributed by atoms with Gasteiger partial charge in [-0.25, -0.2) is 9.69 Å². The Hall–Kier alpha value is -3.43. The lowest BCUT2D eigenvalue weighted by atomic mass is 10.1. The predicted molar refractivity (Wildman–Crippen MR) is 112 cm³/mol. The smallest absolute Gasteiger partial charge is 0.333 e. The normalized spacial score (nSPS) is 18.1. The Morgan fingerprint density at radius 3 is 2.47 bits per heavy atom. The number of imide groups is 1. The maximum atomic E-state index is 12.7. The van der Waals surface area contributed by atoms with Gasteiger partial charge in [-0.1, -0.05) is 17.7 Å². The molecule has 2 aliphatic heterocycles. The van der Waals surface area contributed by atoms with E-state index in [-0.39, 0.29) is 11.4 Å². The van der Waals surface area contributed by atoms with Crippen LogP contribution >= 0.6 is 11.6 Å². The van der Waals surface area contributed by atoms with Crippen molar-refractivity contribution in [1.29, 1.82) is 0 Å². The van der Waals surface area contributed by atoms with E-state index in [1.54, 1.807) is 36.4 Å². The van der Waals surface area contributed by atoms with E-state index in [0.29, 0.717) is 48.3 Å². The largest absolute Gasteiger partial charge is 0.378 e. The van der Waals surface area contributed by atoms with Crippen molar-refractivity contribution >= 4 is 46.7 Å². The minimum Gasteiger partial charge on any atom is -0.378 e. The summed E-state index contributed by atoms with van der Waals surface area (Å²) in [5.74, 6) is -0.553. The topological polar surface area (TPSA) is 105 Å². The van der Waals surface area contributed by atoms with Gasteiger partial charge < -0.3 is 15.0 Å². The minimum atomic E-state index is -0.604. The van der Waals surface area contributed by atoms with Crippen LogP contribution in [-0.4, -0.2) is 43.2 Å². The number of amides is 3. The third-order valence-corrected chi connectivity index (χ3v) is 5.07. The van der Waals surface area contributed by atoms with Crippen LogP contribution in [0.2, 0.25) is 5.02 Å². The monoisotopic (exact) mass is 428 g/mol. The summed E-state index contributed by atoms with van der Waals surface area (Å²) < 4.78 is 5.30. The number of halogens is 1. The van der Waals surface area contributed by atoms with Crippen molar-refractivity contribution in [2.24, 2.45) is 0 Å². The molecule has 2 aromatic carbocycles. The van der Waals surface area contributed by atoms with Crippen molar-refractivity contribution in [3.8, 4) is 0 Å². The zero-order valence-corrected chi connectivity index (χ0v) is 16.5. The van der Waals surface area contributed by atoms with Gasteiger partial charge in [0, 0.05) is 24.2 Å². The van der Waals surface area contributed by atoms with Gasteiger partial charge in [0.25, 0.3) is 11.6 Å². The summed E-state index contributed by atoms with van der Waals surface area (Å²) in [6, 6.07) is 10.4. The van der Waals surface area contributed by atoms with Gasteiger partial charge in [-0.2, -0.15) is 0 Å². The third kappa shape index (κ3) is 3.85. The summed E-state index contributed by atoms with van der Waals surface area (Å²) in [5, 5.41) is 14.6. The lowest BCUT2D eigenvalue weighted by molar-refractivity contribution is -0.384. The SMILES string of the molecule is O=C1N/C(=C/c2ccc(N3CCOCC3)c([N+](=O)[O-])c2)C(=O)N1c1ccc(Cl)cc1. The number of benzene rings is 2. The fourth-order valence-corrected chi connectivity index (χ4v) is 3.50. The number of nitrogens with one attached hydrogen (secondary N) is 1. The molecular formula is C20H17ClN4O5. The van der Waals surface area contributed by atoms with Gasteiger partial charge in [-0.15, -0.1) is 0 Å². The highest BCUT2D eigenvalue weighted by molar-refractivity contribution is 6.31. The Labute approximate surface area is 176 Å². The number of morpholine rings is 1. The maximum absolute atomic E-state index is 12.7. The van der Waals surface area contributed by atoms with Crippen molar-refractivity contribution in [1.82, 2.24) is 5.32 Å². The molecule has 0 atom stereocenters. The molecule has 0 aliphatic carbocycles. The molecule has 9 nitrogen and oxygen atoms in total. The zero-order valence-electron chi connectivity index (χ0n) is 15.7.